The lowest BCUT2D eigenvalue weighted by molar-refractivity contribution is -0.122. The van der Waals surface area contributed by atoms with Crippen molar-refractivity contribution in [2.75, 3.05) is 6.54 Å². The molecule has 1 fully saturated rings. The van der Waals surface area contributed by atoms with Crippen molar-refractivity contribution in [3.8, 4) is 0 Å². The Morgan fingerprint density at radius 3 is 2.88 bits per heavy atom. The van der Waals surface area contributed by atoms with Gasteiger partial charge in [0.1, 0.15) is 0 Å². The van der Waals surface area contributed by atoms with Gasteiger partial charge >= 0.3 is 0 Å². The number of rotatable bonds is 3. The quantitative estimate of drug-likeness (QED) is 0.771. The van der Waals surface area contributed by atoms with Gasteiger partial charge < -0.3 is 0 Å². The van der Waals surface area contributed by atoms with E-state index in [-0.39, 0.29) is 11.1 Å². The smallest absolute Gasteiger partial charge is 0.268 e. The van der Waals surface area contributed by atoms with Gasteiger partial charge in [0.05, 0.1) is 10.6 Å². The van der Waals surface area contributed by atoms with E-state index in [1.54, 1.807) is 24.4 Å². The number of hydrogen-bond donors (Lipinski definition) is 0. The van der Waals surface area contributed by atoms with Gasteiger partial charge in [-0.1, -0.05) is 13.0 Å². The van der Waals surface area contributed by atoms with Crippen LogP contribution in [0.3, 0.4) is 0 Å². The molecule has 2 rings (SSSR count). The summed E-state index contributed by atoms with van der Waals surface area (Å²) in [6, 6.07) is 5.45. The van der Waals surface area contributed by atoms with Crippen LogP contribution < -0.4 is 0 Å². The summed E-state index contributed by atoms with van der Waals surface area (Å²) in [5.74, 6) is -0.215. The fraction of sp³-hybridized carbons (Fsp3) is 0.250. The highest BCUT2D eigenvalue weighted by molar-refractivity contribution is 8.18. The summed E-state index contributed by atoms with van der Waals surface area (Å²) >= 11 is 0.975. The topological polar surface area (TPSA) is 50.3 Å². The minimum absolute atomic E-state index is 0.195. The maximum Gasteiger partial charge on any atom is 0.293 e. The van der Waals surface area contributed by atoms with E-state index < -0.39 is 0 Å². The maximum atomic E-state index is 11.9. The lowest BCUT2D eigenvalue weighted by Gasteiger charge is -2.09. The average molecular weight is 248 g/mol. The van der Waals surface area contributed by atoms with Crippen molar-refractivity contribution in [3.63, 3.8) is 0 Å². The SMILES string of the molecule is CCCN1C(=O)S/C(=C\c2ccccn2)C1=O. The molecule has 2 amide bonds. The number of aromatic nitrogens is 1. The minimum atomic E-state index is -0.215. The zero-order chi connectivity index (χ0) is 12.3. The van der Waals surface area contributed by atoms with E-state index in [4.69, 9.17) is 0 Å². The summed E-state index contributed by atoms with van der Waals surface area (Å²) in [7, 11) is 0. The van der Waals surface area contributed by atoms with Crippen LogP contribution in [-0.4, -0.2) is 27.6 Å². The van der Waals surface area contributed by atoms with Gasteiger partial charge in [-0.2, -0.15) is 0 Å². The molecule has 88 valence electrons. The van der Waals surface area contributed by atoms with Crippen molar-refractivity contribution in [1.82, 2.24) is 9.88 Å². The third-order valence-corrected chi connectivity index (χ3v) is 3.19. The summed E-state index contributed by atoms with van der Waals surface area (Å²) in [6.07, 6.45) is 4.08. The zero-order valence-electron chi connectivity index (χ0n) is 9.42. The molecule has 0 spiro atoms. The third-order valence-electron chi connectivity index (χ3n) is 2.29. The van der Waals surface area contributed by atoms with E-state index in [0.717, 1.165) is 18.2 Å². The monoisotopic (exact) mass is 248 g/mol. The molecule has 17 heavy (non-hydrogen) atoms. The first-order valence-corrected chi connectivity index (χ1v) is 6.20. The van der Waals surface area contributed by atoms with E-state index in [9.17, 15) is 9.59 Å². The Morgan fingerprint density at radius 1 is 1.41 bits per heavy atom. The predicted octanol–water partition coefficient (Wildman–Crippen LogP) is 2.53. The number of imide groups is 1. The fourth-order valence-corrected chi connectivity index (χ4v) is 2.36. The first kappa shape index (κ1) is 11.9. The lowest BCUT2D eigenvalue weighted by Crippen LogP contribution is -2.28. The van der Waals surface area contributed by atoms with Crippen molar-refractivity contribution in [2.45, 2.75) is 13.3 Å². The van der Waals surface area contributed by atoms with E-state index in [1.165, 1.54) is 4.90 Å². The van der Waals surface area contributed by atoms with E-state index in [1.807, 2.05) is 13.0 Å². The van der Waals surface area contributed by atoms with Gasteiger partial charge in [0.25, 0.3) is 11.1 Å². The van der Waals surface area contributed by atoms with Gasteiger partial charge in [-0.05, 0) is 36.4 Å². The second-order valence-corrected chi connectivity index (χ2v) is 4.58. The van der Waals surface area contributed by atoms with E-state index >= 15 is 0 Å². The lowest BCUT2D eigenvalue weighted by atomic mass is 10.3. The molecule has 2 heterocycles. The Bertz CT molecular complexity index is 471. The Hall–Kier alpha value is -1.62. The highest BCUT2D eigenvalue weighted by Crippen LogP contribution is 2.31. The summed E-state index contributed by atoms with van der Waals surface area (Å²) in [5, 5.41) is -0.195. The van der Waals surface area contributed by atoms with Crippen LogP contribution in [-0.2, 0) is 4.79 Å². The first-order valence-electron chi connectivity index (χ1n) is 5.38. The van der Waals surface area contributed by atoms with Crippen molar-refractivity contribution >= 4 is 29.0 Å². The molecular weight excluding hydrogens is 236 g/mol. The average Bonchev–Trinajstić information content (AvgIpc) is 2.59. The molecular formula is C12H12N2O2S. The van der Waals surface area contributed by atoms with E-state index in [2.05, 4.69) is 4.98 Å². The molecule has 1 aromatic heterocycles. The molecule has 1 aliphatic heterocycles. The molecule has 0 saturated carbocycles. The maximum absolute atomic E-state index is 11.9. The summed E-state index contributed by atoms with van der Waals surface area (Å²) < 4.78 is 0. The second kappa shape index (κ2) is 5.14. The molecule has 0 aromatic carbocycles. The van der Waals surface area contributed by atoms with E-state index in [0.29, 0.717) is 17.1 Å². The van der Waals surface area contributed by atoms with Gasteiger partial charge in [-0.25, -0.2) is 0 Å². The van der Waals surface area contributed by atoms with Gasteiger partial charge in [-0.15, -0.1) is 0 Å². The number of nitrogens with zero attached hydrogens (tertiary/aromatic N) is 2. The standard InChI is InChI=1S/C12H12N2O2S/c1-2-7-14-11(15)10(17-12(14)16)8-9-5-3-4-6-13-9/h3-6,8H,2,7H2,1H3/b10-8-. The number of thioether (sulfide) groups is 1. The van der Waals surface area contributed by atoms with Crippen LogP contribution in [0.15, 0.2) is 29.3 Å². The van der Waals surface area contributed by atoms with Gasteiger partial charge in [-0.3, -0.25) is 19.5 Å². The highest BCUT2D eigenvalue weighted by Gasteiger charge is 2.34. The number of carbonyl (C=O) groups is 2. The Kier molecular flexibility index (Phi) is 3.58. The Balaban J connectivity index is 2.22. The molecule has 0 aliphatic carbocycles. The van der Waals surface area contributed by atoms with Crippen molar-refractivity contribution in [3.05, 3.63) is 35.0 Å². The van der Waals surface area contributed by atoms with Crippen molar-refractivity contribution in [1.29, 1.82) is 0 Å². The molecule has 1 aliphatic rings. The second-order valence-electron chi connectivity index (χ2n) is 3.59. The van der Waals surface area contributed by atoms with Crippen LogP contribution in [0.5, 0.6) is 0 Å². The summed E-state index contributed by atoms with van der Waals surface area (Å²) in [5.41, 5.74) is 0.689. The molecule has 5 heteroatoms. The summed E-state index contributed by atoms with van der Waals surface area (Å²) in [6.45, 7) is 2.41. The minimum Gasteiger partial charge on any atom is -0.268 e. The largest absolute Gasteiger partial charge is 0.293 e. The zero-order valence-corrected chi connectivity index (χ0v) is 10.2. The van der Waals surface area contributed by atoms with Crippen LogP contribution in [0.25, 0.3) is 6.08 Å². The van der Waals surface area contributed by atoms with Crippen LogP contribution in [0.2, 0.25) is 0 Å². The van der Waals surface area contributed by atoms with Crippen LogP contribution in [0.4, 0.5) is 4.79 Å². The summed E-state index contributed by atoms with van der Waals surface area (Å²) in [4.78, 5) is 29.3. The molecule has 0 bridgehead atoms. The number of pyridine rings is 1. The molecule has 4 nitrogen and oxygen atoms in total. The van der Waals surface area contributed by atoms with Gasteiger partial charge in [0.2, 0.25) is 0 Å². The molecule has 0 radical (unpaired) electrons. The van der Waals surface area contributed by atoms with Gasteiger partial charge in [0, 0.05) is 12.7 Å². The molecule has 0 unspecified atom stereocenters. The molecule has 0 atom stereocenters. The van der Waals surface area contributed by atoms with Crippen LogP contribution in [0, 0.1) is 0 Å². The molecule has 1 aromatic rings. The van der Waals surface area contributed by atoms with Crippen molar-refractivity contribution < 1.29 is 9.59 Å². The first-order chi connectivity index (χ1) is 8.22. The fourth-order valence-electron chi connectivity index (χ4n) is 1.51. The predicted molar refractivity (Wildman–Crippen MR) is 67.2 cm³/mol. The number of hydrogen-bond acceptors (Lipinski definition) is 4. The Labute approximate surface area is 104 Å². The molecule has 0 N–H and O–H groups in total. The third kappa shape index (κ3) is 2.55. The Morgan fingerprint density at radius 2 is 2.24 bits per heavy atom. The normalized spacial score (nSPS) is 18.2. The highest BCUT2D eigenvalue weighted by atomic mass is 32.2. The number of amides is 2. The van der Waals surface area contributed by atoms with Crippen LogP contribution >= 0.6 is 11.8 Å². The van der Waals surface area contributed by atoms with Crippen molar-refractivity contribution in [2.24, 2.45) is 0 Å². The molecule has 1 saturated heterocycles. The van der Waals surface area contributed by atoms with Crippen LogP contribution in [0.1, 0.15) is 19.0 Å². The number of carbonyl (C=O) groups excluding carboxylic acids is 2. The van der Waals surface area contributed by atoms with Gasteiger partial charge in [0.15, 0.2) is 0 Å².